The molecule has 2 aromatic carbocycles. The SMILES string of the molecule is CCc1ccc(-c2cc(C)no2)cc1S(=O)(=O)Nc1cc(C)ccc1OC. The molecule has 6 nitrogen and oxygen atoms in total. The average molecular weight is 386 g/mol. The highest BCUT2D eigenvalue weighted by Crippen LogP contribution is 2.31. The molecule has 0 fully saturated rings. The summed E-state index contributed by atoms with van der Waals surface area (Å²) in [5, 5.41) is 3.87. The second-order valence-corrected chi connectivity index (χ2v) is 7.97. The fourth-order valence-corrected chi connectivity index (χ4v) is 4.25. The van der Waals surface area contributed by atoms with Gasteiger partial charge in [0.1, 0.15) is 5.75 Å². The molecule has 0 saturated heterocycles. The highest BCUT2D eigenvalue weighted by atomic mass is 32.2. The van der Waals surface area contributed by atoms with Crippen molar-refractivity contribution in [3.05, 3.63) is 59.3 Å². The maximum atomic E-state index is 13.1. The lowest BCUT2D eigenvalue weighted by molar-refractivity contribution is 0.417. The van der Waals surface area contributed by atoms with E-state index in [-0.39, 0.29) is 4.90 Å². The molecular weight excluding hydrogens is 364 g/mol. The minimum absolute atomic E-state index is 0.208. The van der Waals surface area contributed by atoms with Gasteiger partial charge < -0.3 is 9.26 Å². The Morgan fingerprint density at radius 2 is 1.89 bits per heavy atom. The van der Waals surface area contributed by atoms with Crippen LogP contribution in [0.1, 0.15) is 23.7 Å². The lowest BCUT2D eigenvalue weighted by Gasteiger charge is -2.15. The Kier molecular flexibility index (Phi) is 5.23. The number of anilines is 1. The molecule has 0 radical (unpaired) electrons. The van der Waals surface area contributed by atoms with E-state index >= 15 is 0 Å². The van der Waals surface area contributed by atoms with Gasteiger partial charge in [-0.05, 0) is 49.6 Å². The van der Waals surface area contributed by atoms with Crippen molar-refractivity contribution in [3.8, 4) is 17.1 Å². The molecule has 0 unspecified atom stereocenters. The fraction of sp³-hybridized carbons (Fsp3) is 0.250. The first-order valence-electron chi connectivity index (χ1n) is 8.58. The van der Waals surface area contributed by atoms with Gasteiger partial charge in [0, 0.05) is 11.6 Å². The first kappa shape index (κ1) is 19.0. The number of methoxy groups -OCH3 is 1. The van der Waals surface area contributed by atoms with E-state index in [1.165, 1.54) is 7.11 Å². The molecule has 0 spiro atoms. The topological polar surface area (TPSA) is 81.4 Å². The van der Waals surface area contributed by atoms with Gasteiger partial charge in [-0.3, -0.25) is 4.72 Å². The van der Waals surface area contributed by atoms with Gasteiger partial charge in [0.25, 0.3) is 10.0 Å². The Balaban J connectivity index is 2.07. The maximum absolute atomic E-state index is 13.1. The fourth-order valence-electron chi connectivity index (χ4n) is 2.85. The van der Waals surface area contributed by atoms with Crippen LogP contribution in [0.2, 0.25) is 0 Å². The molecule has 27 heavy (non-hydrogen) atoms. The van der Waals surface area contributed by atoms with Gasteiger partial charge in [0.15, 0.2) is 5.76 Å². The number of rotatable bonds is 6. The van der Waals surface area contributed by atoms with Crippen LogP contribution >= 0.6 is 0 Å². The highest BCUT2D eigenvalue weighted by molar-refractivity contribution is 7.92. The van der Waals surface area contributed by atoms with Crippen LogP contribution in [0.3, 0.4) is 0 Å². The third kappa shape index (κ3) is 3.98. The molecule has 0 atom stereocenters. The van der Waals surface area contributed by atoms with E-state index in [0.29, 0.717) is 34.7 Å². The summed E-state index contributed by atoms with van der Waals surface area (Å²) in [6.07, 6.45) is 0.580. The lowest BCUT2D eigenvalue weighted by atomic mass is 10.1. The number of aryl methyl sites for hydroxylation is 3. The summed E-state index contributed by atoms with van der Waals surface area (Å²) >= 11 is 0. The van der Waals surface area contributed by atoms with Gasteiger partial charge >= 0.3 is 0 Å². The Labute approximate surface area is 159 Å². The Morgan fingerprint density at radius 3 is 2.52 bits per heavy atom. The van der Waals surface area contributed by atoms with E-state index in [1.807, 2.05) is 32.9 Å². The van der Waals surface area contributed by atoms with Gasteiger partial charge in [-0.15, -0.1) is 0 Å². The Bertz CT molecular complexity index is 1070. The number of benzene rings is 2. The number of aromatic nitrogens is 1. The number of sulfonamides is 1. The molecule has 1 aromatic heterocycles. The second kappa shape index (κ2) is 7.44. The predicted molar refractivity (Wildman–Crippen MR) is 105 cm³/mol. The quantitative estimate of drug-likeness (QED) is 0.682. The molecule has 0 aliphatic carbocycles. The van der Waals surface area contributed by atoms with Crippen LogP contribution < -0.4 is 9.46 Å². The number of nitrogens with zero attached hydrogens (tertiary/aromatic N) is 1. The minimum atomic E-state index is -3.82. The van der Waals surface area contributed by atoms with E-state index in [4.69, 9.17) is 9.26 Å². The number of hydrogen-bond donors (Lipinski definition) is 1. The van der Waals surface area contributed by atoms with Gasteiger partial charge in [-0.25, -0.2) is 8.42 Å². The number of nitrogens with one attached hydrogen (secondary N) is 1. The third-order valence-electron chi connectivity index (χ3n) is 4.25. The smallest absolute Gasteiger partial charge is 0.262 e. The van der Waals surface area contributed by atoms with Crippen molar-refractivity contribution in [3.63, 3.8) is 0 Å². The van der Waals surface area contributed by atoms with E-state index in [0.717, 1.165) is 11.3 Å². The third-order valence-corrected chi connectivity index (χ3v) is 5.70. The zero-order chi connectivity index (χ0) is 19.6. The van der Waals surface area contributed by atoms with Crippen molar-refractivity contribution in [2.24, 2.45) is 0 Å². The molecule has 0 aliphatic heterocycles. The zero-order valence-corrected chi connectivity index (χ0v) is 16.6. The van der Waals surface area contributed by atoms with Crippen LogP contribution in [0, 0.1) is 13.8 Å². The highest BCUT2D eigenvalue weighted by Gasteiger charge is 2.21. The van der Waals surface area contributed by atoms with Gasteiger partial charge in [-0.2, -0.15) is 0 Å². The Morgan fingerprint density at radius 1 is 1.11 bits per heavy atom. The molecule has 0 saturated carbocycles. The molecule has 3 rings (SSSR count). The summed E-state index contributed by atoms with van der Waals surface area (Å²) in [4.78, 5) is 0.208. The van der Waals surface area contributed by atoms with Crippen LogP contribution in [-0.2, 0) is 16.4 Å². The second-order valence-electron chi connectivity index (χ2n) is 6.32. The normalized spacial score (nSPS) is 11.4. The molecule has 0 bridgehead atoms. The van der Waals surface area contributed by atoms with Crippen molar-refractivity contribution in [1.82, 2.24) is 5.16 Å². The summed E-state index contributed by atoms with van der Waals surface area (Å²) in [6.45, 7) is 5.62. The van der Waals surface area contributed by atoms with Crippen molar-refractivity contribution in [2.45, 2.75) is 32.1 Å². The summed E-state index contributed by atoms with van der Waals surface area (Å²) in [5.74, 6) is 0.990. The molecular formula is C20H22N2O4S. The first-order valence-corrected chi connectivity index (χ1v) is 10.1. The molecule has 7 heteroatoms. The molecule has 142 valence electrons. The average Bonchev–Trinajstić information content (AvgIpc) is 3.07. The lowest BCUT2D eigenvalue weighted by Crippen LogP contribution is -2.16. The maximum Gasteiger partial charge on any atom is 0.262 e. The van der Waals surface area contributed by atoms with Crippen molar-refractivity contribution < 1.29 is 17.7 Å². The van der Waals surface area contributed by atoms with Gasteiger partial charge in [-0.1, -0.05) is 30.3 Å². The van der Waals surface area contributed by atoms with Gasteiger partial charge in [0.2, 0.25) is 0 Å². The summed E-state index contributed by atoms with van der Waals surface area (Å²) in [6, 6.07) is 12.4. The molecule has 1 N–H and O–H groups in total. The molecule has 3 aromatic rings. The summed E-state index contributed by atoms with van der Waals surface area (Å²) < 4.78 is 39.5. The van der Waals surface area contributed by atoms with E-state index in [2.05, 4.69) is 9.88 Å². The van der Waals surface area contributed by atoms with E-state index in [9.17, 15) is 8.42 Å². The van der Waals surface area contributed by atoms with Gasteiger partial charge in [0.05, 0.1) is 23.4 Å². The molecule has 0 amide bonds. The summed E-state index contributed by atoms with van der Waals surface area (Å²) in [5.41, 5.74) is 3.44. The monoisotopic (exact) mass is 386 g/mol. The molecule has 0 aliphatic rings. The number of ether oxygens (including phenoxy) is 1. The molecule has 1 heterocycles. The van der Waals surface area contributed by atoms with Crippen LogP contribution in [0.4, 0.5) is 5.69 Å². The predicted octanol–water partition coefficient (Wildman–Crippen LogP) is 4.33. The number of hydrogen-bond acceptors (Lipinski definition) is 5. The van der Waals surface area contributed by atoms with Crippen LogP contribution in [0.5, 0.6) is 5.75 Å². The van der Waals surface area contributed by atoms with Crippen LogP contribution in [-0.4, -0.2) is 20.7 Å². The van der Waals surface area contributed by atoms with Crippen molar-refractivity contribution in [2.75, 3.05) is 11.8 Å². The summed E-state index contributed by atoms with van der Waals surface area (Å²) in [7, 11) is -2.31. The van der Waals surface area contributed by atoms with E-state index < -0.39 is 10.0 Å². The zero-order valence-electron chi connectivity index (χ0n) is 15.7. The van der Waals surface area contributed by atoms with Crippen molar-refractivity contribution >= 4 is 15.7 Å². The first-order chi connectivity index (χ1) is 12.8. The Hall–Kier alpha value is -2.80. The minimum Gasteiger partial charge on any atom is -0.495 e. The largest absolute Gasteiger partial charge is 0.495 e. The van der Waals surface area contributed by atoms with Crippen molar-refractivity contribution in [1.29, 1.82) is 0 Å². The van der Waals surface area contributed by atoms with Crippen LogP contribution in [0.25, 0.3) is 11.3 Å². The standard InChI is InChI=1S/C20H22N2O4S/c1-5-15-7-8-16(19-11-14(3)21-26-19)12-20(15)27(23,24)22-17-10-13(2)6-9-18(17)25-4/h6-12,22H,5H2,1-4H3. The van der Waals surface area contributed by atoms with Crippen LogP contribution in [0.15, 0.2) is 51.9 Å². The van der Waals surface area contributed by atoms with E-state index in [1.54, 1.807) is 30.3 Å².